The van der Waals surface area contributed by atoms with Gasteiger partial charge in [0.1, 0.15) is 17.6 Å². The molecule has 0 saturated carbocycles. The predicted molar refractivity (Wildman–Crippen MR) is 143 cm³/mol. The van der Waals surface area contributed by atoms with Crippen LogP contribution in [0.1, 0.15) is 27.7 Å². The van der Waals surface area contributed by atoms with Crippen molar-refractivity contribution in [1.29, 1.82) is 5.26 Å². The van der Waals surface area contributed by atoms with E-state index in [4.69, 9.17) is 22.1 Å². The molecule has 0 spiro atoms. The number of nitrogens with two attached hydrogens (primary N) is 1. The Bertz CT molecular complexity index is 1720. The highest BCUT2D eigenvalue weighted by Gasteiger charge is 2.26. The van der Waals surface area contributed by atoms with Crippen molar-refractivity contribution in [2.45, 2.75) is 19.1 Å². The van der Waals surface area contributed by atoms with E-state index in [1.165, 1.54) is 30.5 Å². The zero-order valence-corrected chi connectivity index (χ0v) is 21.6. The third kappa shape index (κ3) is 6.71. The maximum Gasteiger partial charge on any atom is 0.387 e. The fourth-order valence-corrected chi connectivity index (χ4v) is 4.23. The topological polar surface area (TPSA) is 140 Å². The molecule has 0 aliphatic heterocycles. The Kier molecular flexibility index (Phi) is 8.69. The lowest BCUT2D eigenvalue weighted by atomic mass is 10.00. The van der Waals surface area contributed by atoms with Gasteiger partial charge in [0.2, 0.25) is 5.91 Å². The van der Waals surface area contributed by atoms with Crippen LogP contribution >= 0.6 is 11.6 Å². The number of aromatic nitrogens is 2. The van der Waals surface area contributed by atoms with Gasteiger partial charge in [-0.05, 0) is 48.5 Å². The smallest absolute Gasteiger partial charge is 0.387 e. The van der Waals surface area contributed by atoms with Gasteiger partial charge in [-0.2, -0.15) is 14.0 Å². The number of ether oxygens (including phenoxy) is 1. The molecule has 2 aromatic carbocycles. The summed E-state index contributed by atoms with van der Waals surface area (Å²) in [6.07, 6.45) is 2.21. The van der Waals surface area contributed by atoms with Crippen molar-refractivity contribution < 1.29 is 27.5 Å². The molecule has 0 bridgehead atoms. The van der Waals surface area contributed by atoms with Crippen LogP contribution in [-0.4, -0.2) is 28.0 Å². The zero-order valence-electron chi connectivity index (χ0n) is 20.9. The second-order valence-corrected chi connectivity index (χ2v) is 9.00. The molecule has 4 aromatic rings. The van der Waals surface area contributed by atoms with Crippen molar-refractivity contribution in [3.05, 3.63) is 111 Å². The van der Waals surface area contributed by atoms with Crippen LogP contribution in [0.25, 0.3) is 11.1 Å². The van der Waals surface area contributed by atoms with Gasteiger partial charge in [0.15, 0.2) is 0 Å². The fourth-order valence-electron chi connectivity index (χ4n) is 4.06. The Labute approximate surface area is 235 Å². The fraction of sp³-hybridized carbons (Fsp3) is 0.107. The SMILES string of the molecule is N#Cc1ccc(Cl)cc1-c1cc(=O)n(C(Cc2ccccn2)C(=O)Nc2ccc(C(N)=O)c(F)c2)cc1OC(F)F. The number of nitriles is 1. The van der Waals surface area contributed by atoms with Crippen molar-refractivity contribution in [2.24, 2.45) is 5.73 Å². The van der Waals surface area contributed by atoms with E-state index in [1.807, 2.05) is 6.07 Å². The Balaban J connectivity index is 1.83. The largest absolute Gasteiger partial charge is 0.433 e. The number of rotatable bonds is 9. The van der Waals surface area contributed by atoms with Gasteiger partial charge in [0, 0.05) is 46.2 Å². The van der Waals surface area contributed by atoms with Crippen LogP contribution in [0.5, 0.6) is 5.75 Å². The van der Waals surface area contributed by atoms with E-state index < -0.39 is 47.2 Å². The van der Waals surface area contributed by atoms with Crippen LogP contribution in [0.3, 0.4) is 0 Å². The number of alkyl halides is 2. The van der Waals surface area contributed by atoms with Crippen molar-refractivity contribution in [1.82, 2.24) is 9.55 Å². The number of hydrogen-bond donors (Lipinski definition) is 2. The lowest BCUT2D eigenvalue weighted by Gasteiger charge is -2.22. The van der Waals surface area contributed by atoms with Gasteiger partial charge in [0.05, 0.1) is 23.4 Å². The highest BCUT2D eigenvalue weighted by molar-refractivity contribution is 6.31. The molecule has 13 heteroatoms. The Morgan fingerprint density at radius 2 is 1.90 bits per heavy atom. The number of nitrogens with one attached hydrogen (secondary N) is 1. The molecule has 2 heterocycles. The minimum atomic E-state index is -3.32. The van der Waals surface area contributed by atoms with E-state index in [0.29, 0.717) is 5.69 Å². The van der Waals surface area contributed by atoms with E-state index in [2.05, 4.69) is 10.3 Å². The zero-order chi connectivity index (χ0) is 29.7. The van der Waals surface area contributed by atoms with Crippen LogP contribution in [0.4, 0.5) is 18.9 Å². The number of carbonyl (C=O) groups is 2. The molecule has 41 heavy (non-hydrogen) atoms. The molecule has 0 radical (unpaired) electrons. The van der Waals surface area contributed by atoms with Crippen molar-refractivity contribution in [3.8, 4) is 22.9 Å². The van der Waals surface area contributed by atoms with Gasteiger partial charge in [-0.3, -0.25) is 23.9 Å². The van der Waals surface area contributed by atoms with Gasteiger partial charge < -0.3 is 15.8 Å². The maximum atomic E-state index is 14.3. The molecule has 0 aliphatic carbocycles. The molecule has 9 nitrogen and oxygen atoms in total. The summed E-state index contributed by atoms with van der Waals surface area (Å²) >= 11 is 6.06. The summed E-state index contributed by atoms with van der Waals surface area (Å²) in [5.74, 6) is -3.33. The number of benzene rings is 2. The summed E-state index contributed by atoms with van der Waals surface area (Å²) in [7, 11) is 0. The molecule has 1 atom stereocenters. The van der Waals surface area contributed by atoms with Gasteiger partial charge in [-0.1, -0.05) is 17.7 Å². The second-order valence-electron chi connectivity index (χ2n) is 8.57. The van der Waals surface area contributed by atoms with Crippen LogP contribution in [0.2, 0.25) is 5.02 Å². The Morgan fingerprint density at radius 3 is 2.54 bits per heavy atom. The van der Waals surface area contributed by atoms with Gasteiger partial charge in [-0.15, -0.1) is 0 Å². The molecule has 3 N–H and O–H groups in total. The molecule has 0 fully saturated rings. The molecule has 4 rings (SSSR count). The molecule has 208 valence electrons. The van der Waals surface area contributed by atoms with Crippen LogP contribution in [0.15, 0.2) is 77.9 Å². The average molecular weight is 582 g/mol. The number of hydrogen-bond acceptors (Lipinski definition) is 6. The molecule has 0 saturated heterocycles. The minimum Gasteiger partial charge on any atom is -0.433 e. The van der Waals surface area contributed by atoms with E-state index >= 15 is 0 Å². The van der Waals surface area contributed by atoms with Crippen LogP contribution in [-0.2, 0) is 11.2 Å². The number of pyridine rings is 2. The highest BCUT2D eigenvalue weighted by Crippen LogP contribution is 2.34. The Morgan fingerprint density at radius 1 is 1.12 bits per heavy atom. The summed E-state index contributed by atoms with van der Waals surface area (Å²) in [5.41, 5.74) is 4.18. The van der Waals surface area contributed by atoms with E-state index in [0.717, 1.165) is 29.0 Å². The monoisotopic (exact) mass is 581 g/mol. The van der Waals surface area contributed by atoms with Crippen molar-refractivity contribution in [3.63, 3.8) is 0 Å². The first-order valence-electron chi connectivity index (χ1n) is 11.8. The van der Waals surface area contributed by atoms with Gasteiger partial charge in [0.25, 0.3) is 11.5 Å². The Hall–Kier alpha value is -5.15. The highest BCUT2D eigenvalue weighted by atomic mass is 35.5. The summed E-state index contributed by atoms with van der Waals surface area (Å²) < 4.78 is 46.8. The van der Waals surface area contributed by atoms with Gasteiger partial charge in [-0.25, -0.2) is 4.39 Å². The number of halogens is 4. The van der Waals surface area contributed by atoms with Crippen LogP contribution < -0.4 is 21.3 Å². The van der Waals surface area contributed by atoms with E-state index in [9.17, 15) is 32.8 Å². The number of anilines is 1. The number of primary amides is 1. The number of nitrogens with zero attached hydrogens (tertiary/aromatic N) is 3. The van der Waals surface area contributed by atoms with Crippen molar-refractivity contribution >= 4 is 29.1 Å². The van der Waals surface area contributed by atoms with Crippen molar-refractivity contribution in [2.75, 3.05) is 5.32 Å². The molecule has 1 unspecified atom stereocenters. The predicted octanol–water partition coefficient (Wildman–Crippen LogP) is 4.70. The first-order chi connectivity index (χ1) is 19.6. The lowest BCUT2D eigenvalue weighted by Crippen LogP contribution is -2.35. The third-order valence-corrected chi connectivity index (χ3v) is 6.16. The number of carbonyl (C=O) groups excluding carboxylic acids is 2. The van der Waals surface area contributed by atoms with E-state index in [1.54, 1.807) is 18.2 Å². The van der Waals surface area contributed by atoms with Crippen LogP contribution in [0, 0.1) is 17.1 Å². The molecule has 0 aliphatic rings. The summed E-state index contributed by atoms with van der Waals surface area (Å²) in [4.78, 5) is 42.4. The quantitative estimate of drug-likeness (QED) is 0.294. The first-order valence-corrected chi connectivity index (χ1v) is 12.2. The summed E-state index contributed by atoms with van der Waals surface area (Å²) in [5, 5.41) is 12.2. The summed E-state index contributed by atoms with van der Waals surface area (Å²) in [6.45, 7) is -3.32. The first kappa shape index (κ1) is 28.8. The lowest BCUT2D eigenvalue weighted by molar-refractivity contribution is -0.119. The van der Waals surface area contributed by atoms with Gasteiger partial charge >= 0.3 is 6.61 Å². The maximum absolute atomic E-state index is 14.3. The average Bonchev–Trinajstić information content (AvgIpc) is 2.92. The molecular weight excluding hydrogens is 563 g/mol. The standard InChI is InChI=1S/C28H19ClF3N5O4/c29-16-5-4-15(13-33)20(9-16)21-12-25(38)37(14-24(21)41-28(31)32)23(11-17-3-1-2-8-35-17)27(40)36-18-6-7-19(26(34)39)22(30)10-18/h1-10,12,14,23,28H,11H2,(H2,34,39)(H,36,40). The normalized spacial score (nSPS) is 11.5. The van der Waals surface area contributed by atoms with E-state index in [-0.39, 0.29) is 33.8 Å². The minimum absolute atomic E-state index is 0.0369. The molecule has 2 aromatic heterocycles. The third-order valence-electron chi connectivity index (χ3n) is 5.92. The molecule has 2 amide bonds. The second kappa shape index (κ2) is 12.4. The number of amides is 2. The molecular formula is C28H19ClF3N5O4. The summed E-state index contributed by atoms with van der Waals surface area (Å²) in [6, 6.07) is 13.6.